The summed E-state index contributed by atoms with van der Waals surface area (Å²) in [5, 5.41) is 0. The SMILES string of the molecule is CCCC/C=C/C1(C)CCCC1. The standard InChI is InChI=1S/C12H22/c1-3-4-5-6-9-12(2)10-7-8-11-12/h6,9H,3-5,7-8,10-11H2,1-2H3/b9-6+. The molecule has 0 aromatic carbocycles. The zero-order chi connectivity index (χ0) is 8.86. The van der Waals surface area contributed by atoms with Crippen molar-refractivity contribution in [2.45, 2.75) is 58.8 Å². The molecule has 0 aromatic rings. The molecule has 12 heavy (non-hydrogen) atoms. The maximum Gasteiger partial charge on any atom is -0.0147 e. The van der Waals surface area contributed by atoms with Gasteiger partial charge in [0.2, 0.25) is 0 Å². The lowest BCUT2D eigenvalue weighted by atomic mass is 9.88. The third-order valence-corrected chi connectivity index (χ3v) is 2.99. The van der Waals surface area contributed by atoms with E-state index in [4.69, 9.17) is 0 Å². The highest BCUT2D eigenvalue weighted by molar-refractivity contribution is 4.99. The van der Waals surface area contributed by atoms with E-state index >= 15 is 0 Å². The first-order valence-corrected chi connectivity index (χ1v) is 5.44. The summed E-state index contributed by atoms with van der Waals surface area (Å²) in [7, 11) is 0. The van der Waals surface area contributed by atoms with Crippen molar-refractivity contribution in [2.24, 2.45) is 5.41 Å². The number of allylic oxidation sites excluding steroid dienone is 2. The molecular formula is C12H22. The highest BCUT2D eigenvalue weighted by Gasteiger charge is 2.24. The predicted molar refractivity (Wildman–Crippen MR) is 55.2 cm³/mol. The Morgan fingerprint density at radius 3 is 2.50 bits per heavy atom. The second kappa shape index (κ2) is 4.69. The largest absolute Gasteiger partial charge is 0.0880 e. The first kappa shape index (κ1) is 9.83. The Morgan fingerprint density at radius 2 is 1.92 bits per heavy atom. The van der Waals surface area contributed by atoms with Gasteiger partial charge in [-0.05, 0) is 24.7 Å². The van der Waals surface area contributed by atoms with Crippen molar-refractivity contribution >= 4 is 0 Å². The first-order valence-electron chi connectivity index (χ1n) is 5.44. The maximum atomic E-state index is 2.47. The summed E-state index contributed by atoms with van der Waals surface area (Å²) in [6.45, 7) is 4.66. The van der Waals surface area contributed by atoms with Crippen LogP contribution in [0.3, 0.4) is 0 Å². The van der Waals surface area contributed by atoms with Crippen molar-refractivity contribution < 1.29 is 0 Å². The molecule has 0 aliphatic heterocycles. The predicted octanol–water partition coefficient (Wildman–Crippen LogP) is 4.31. The number of rotatable bonds is 4. The normalized spacial score (nSPS) is 22.2. The van der Waals surface area contributed by atoms with Crippen molar-refractivity contribution in [2.75, 3.05) is 0 Å². The fourth-order valence-electron chi connectivity index (χ4n) is 2.04. The van der Waals surface area contributed by atoms with Gasteiger partial charge in [0.05, 0.1) is 0 Å². The highest BCUT2D eigenvalue weighted by atomic mass is 14.3. The van der Waals surface area contributed by atoms with Crippen LogP contribution in [0.2, 0.25) is 0 Å². The maximum absolute atomic E-state index is 2.47. The van der Waals surface area contributed by atoms with E-state index in [1.807, 2.05) is 0 Å². The molecule has 0 amide bonds. The van der Waals surface area contributed by atoms with Crippen LogP contribution in [0.15, 0.2) is 12.2 Å². The van der Waals surface area contributed by atoms with Crippen LogP contribution in [-0.4, -0.2) is 0 Å². The monoisotopic (exact) mass is 166 g/mol. The lowest BCUT2D eigenvalue weighted by Crippen LogP contribution is -2.05. The minimum Gasteiger partial charge on any atom is -0.0880 e. The van der Waals surface area contributed by atoms with Crippen LogP contribution in [0.5, 0.6) is 0 Å². The van der Waals surface area contributed by atoms with Gasteiger partial charge < -0.3 is 0 Å². The van der Waals surface area contributed by atoms with Gasteiger partial charge in [-0.2, -0.15) is 0 Å². The molecule has 1 saturated carbocycles. The van der Waals surface area contributed by atoms with Gasteiger partial charge >= 0.3 is 0 Å². The molecule has 70 valence electrons. The molecule has 0 atom stereocenters. The molecule has 0 aromatic heterocycles. The fraction of sp³-hybridized carbons (Fsp3) is 0.833. The summed E-state index contributed by atoms with van der Waals surface area (Å²) in [6, 6.07) is 0. The number of hydrogen-bond acceptors (Lipinski definition) is 0. The Balaban J connectivity index is 2.23. The summed E-state index contributed by atoms with van der Waals surface area (Å²) in [4.78, 5) is 0. The van der Waals surface area contributed by atoms with Gasteiger partial charge in [-0.3, -0.25) is 0 Å². The third-order valence-electron chi connectivity index (χ3n) is 2.99. The van der Waals surface area contributed by atoms with E-state index in [1.54, 1.807) is 0 Å². The van der Waals surface area contributed by atoms with Crippen molar-refractivity contribution in [3.8, 4) is 0 Å². The fourth-order valence-corrected chi connectivity index (χ4v) is 2.04. The Bertz CT molecular complexity index is 138. The summed E-state index contributed by atoms with van der Waals surface area (Å²) in [6.07, 6.45) is 14.5. The summed E-state index contributed by atoms with van der Waals surface area (Å²) in [5.74, 6) is 0. The van der Waals surface area contributed by atoms with Crippen molar-refractivity contribution in [3.63, 3.8) is 0 Å². The number of unbranched alkanes of at least 4 members (excludes halogenated alkanes) is 2. The van der Waals surface area contributed by atoms with E-state index in [9.17, 15) is 0 Å². The molecule has 0 nitrogen and oxygen atoms in total. The van der Waals surface area contributed by atoms with Gasteiger partial charge in [0.25, 0.3) is 0 Å². The zero-order valence-corrected chi connectivity index (χ0v) is 8.60. The Hall–Kier alpha value is -0.260. The number of hydrogen-bond donors (Lipinski definition) is 0. The average molecular weight is 166 g/mol. The van der Waals surface area contributed by atoms with Gasteiger partial charge in [0.15, 0.2) is 0 Å². The topological polar surface area (TPSA) is 0 Å². The molecule has 1 aliphatic rings. The van der Waals surface area contributed by atoms with E-state index in [0.29, 0.717) is 5.41 Å². The van der Waals surface area contributed by atoms with Gasteiger partial charge in [0, 0.05) is 0 Å². The molecule has 1 rings (SSSR count). The minimum absolute atomic E-state index is 0.563. The average Bonchev–Trinajstić information content (AvgIpc) is 2.47. The summed E-state index contributed by atoms with van der Waals surface area (Å²) < 4.78 is 0. The quantitative estimate of drug-likeness (QED) is 0.431. The van der Waals surface area contributed by atoms with E-state index in [1.165, 1.54) is 44.9 Å². The van der Waals surface area contributed by atoms with Gasteiger partial charge in [-0.25, -0.2) is 0 Å². The van der Waals surface area contributed by atoms with Crippen molar-refractivity contribution in [3.05, 3.63) is 12.2 Å². The van der Waals surface area contributed by atoms with Crippen LogP contribution in [0, 0.1) is 5.41 Å². The Kier molecular flexibility index (Phi) is 3.84. The van der Waals surface area contributed by atoms with E-state index in [-0.39, 0.29) is 0 Å². The van der Waals surface area contributed by atoms with Gasteiger partial charge in [0.1, 0.15) is 0 Å². The Labute approximate surface area is 77.1 Å². The molecule has 1 fully saturated rings. The first-order chi connectivity index (χ1) is 5.77. The van der Waals surface area contributed by atoms with Crippen LogP contribution in [0.4, 0.5) is 0 Å². The molecule has 0 radical (unpaired) electrons. The second-order valence-corrected chi connectivity index (χ2v) is 4.41. The lowest BCUT2D eigenvalue weighted by Gasteiger charge is -2.17. The highest BCUT2D eigenvalue weighted by Crippen LogP contribution is 2.38. The molecule has 0 saturated heterocycles. The summed E-state index contributed by atoms with van der Waals surface area (Å²) >= 11 is 0. The van der Waals surface area contributed by atoms with Crippen LogP contribution in [-0.2, 0) is 0 Å². The van der Waals surface area contributed by atoms with Crippen LogP contribution < -0.4 is 0 Å². The molecule has 0 unspecified atom stereocenters. The second-order valence-electron chi connectivity index (χ2n) is 4.41. The molecule has 0 heteroatoms. The lowest BCUT2D eigenvalue weighted by molar-refractivity contribution is 0.444. The van der Waals surface area contributed by atoms with Gasteiger partial charge in [-0.15, -0.1) is 0 Å². The van der Waals surface area contributed by atoms with Crippen LogP contribution in [0.25, 0.3) is 0 Å². The zero-order valence-electron chi connectivity index (χ0n) is 8.60. The smallest absolute Gasteiger partial charge is 0.0147 e. The van der Waals surface area contributed by atoms with Gasteiger partial charge in [-0.1, -0.05) is 51.7 Å². The van der Waals surface area contributed by atoms with Crippen molar-refractivity contribution in [1.82, 2.24) is 0 Å². The molecule has 0 heterocycles. The molecule has 0 bridgehead atoms. The molecule has 1 aliphatic carbocycles. The van der Waals surface area contributed by atoms with E-state index in [0.717, 1.165) is 0 Å². The van der Waals surface area contributed by atoms with E-state index in [2.05, 4.69) is 26.0 Å². The van der Waals surface area contributed by atoms with E-state index < -0.39 is 0 Å². The Morgan fingerprint density at radius 1 is 1.25 bits per heavy atom. The molecular weight excluding hydrogens is 144 g/mol. The third kappa shape index (κ3) is 3.00. The van der Waals surface area contributed by atoms with Crippen LogP contribution >= 0.6 is 0 Å². The van der Waals surface area contributed by atoms with Crippen LogP contribution in [0.1, 0.15) is 58.8 Å². The minimum atomic E-state index is 0.563. The molecule has 0 spiro atoms. The molecule has 0 N–H and O–H groups in total. The van der Waals surface area contributed by atoms with Crippen molar-refractivity contribution in [1.29, 1.82) is 0 Å². The summed E-state index contributed by atoms with van der Waals surface area (Å²) in [5.41, 5.74) is 0.563.